The van der Waals surface area contributed by atoms with Crippen molar-refractivity contribution >= 4 is 63.7 Å². The molecule has 0 aliphatic carbocycles. The normalized spacial score (nSPS) is 10.3. The van der Waals surface area contributed by atoms with Crippen LogP contribution in [0, 0.1) is 0 Å². The number of carbonyl (C=O) groups is 2. The smallest absolute Gasteiger partial charge is 0.243 e. The van der Waals surface area contributed by atoms with Crippen molar-refractivity contribution in [2.24, 2.45) is 0 Å². The van der Waals surface area contributed by atoms with Crippen molar-refractivity contribution in [2.75, 3.05) is 22.5 Å². The fourth-order valence-corrected chi connectivity index (χ4v) is 2.69. The third-order valence-corrected chi connectivity index (χ3v) is 4.54. The van der Waals surface area contributed by atoms with Crippen molar-refractivity contribution in [1.82, 2.24) is 0 Å². The van der Waals surface area contributed by atoms with Gasteiger partial charge in [-0.15, -0.1) is 0 Å². The van der Waals surface area contributed by atoms with Crippen LogP contribution in [0.25, 0.3) is 0 Å². The highest BCUT2D eigenvalue weighted by molar-refractivity contribution is 6.44. The lowest BCUT2D eigenvalue weighted by molar-refractivity contribution is -0.116. The molecule has 0 aliphatic rings. The Hall–Kier alpha value is -1.95. The van der Waals surface area contributed by atoms with Gasteiger partial charge in [0.15, 0.2) is 0 Å². The van der Waals surface area contributed by atoms with Crippen LogP contribution >= 0.6 is 34.8 Å². The highest BCUT2D eigenvalue weighted by atomic mass is 35.5. The van der Waals surface area contributed by atoms with Crippen LogP contribution in [0.3, 0.4) is 0 Å². The first-order chi connectivity index (χ1) is 12.4. The molecule has 138 valence electrons. The Morgan fingerprint density at radius 3 is 2.42 bits per heavy atom. The summed E-state index contributed by atoms with van der Waals surface area (Å²) < 4.78 is 0. The average molecular weight is 415 g/mol. The number of rotatable bonds is 7. The summed E-state index contributed by atoms with van der Waals surface area (Å²) >= 11 is 18.1. The Kier molecular flexibility index (Phi) is 7.57. The van der Waals surface area contributed by atoms with Gasteiger partial charge in [-0.1, -0.05) is 47.8 Å². The zero-order valence-electron chi connectivity index (χ0n) is 14.0. The Bertz CT molecular complexity index is 812. The minimum Gasteiger partial charge on any atom is -0.375 e. The molecule has 0 unspecified atom stereocenters. The van der Waals surface area contributed by atoms with E-state index in [1.54, 1.807) is 36.4 Å². The predicted molar refractivity (Wildman–Crippen MR) is 109 cm³/mol. The van der Waals surface area contributed by atoms with E-state index < -0.39 is 0 Å². The van der Waals surface area contributed by atoms with Crippen LogP contribution < -0.4 is 16.0 Å². The van der Waals surface area contributed by atoms with E-state index >= 15 is 0 Å². The summed E-state index contributed by atoms with van der Waals surface area (Å²) in [5.74, 6) is -0.389. The molecule has 2 rings (SSSR count). The molecule has 0 bridgehead atoms. The monoisotopic (exact) mass is 413 g/mol. The van der Waals surface area contributed by atoms with Crippen LogP contribution in [0.2, 0.25) is 15.1 Å². The van der Waals surface area contributed by atoms with E-state index in [9.17, 15) is 9.59 Å². The van der Waals surface area contributed by atoms with E-state index in [4.69, 9.17) is 34.8 Å². The van der Waals surface area contributed by atoms with Gasteiger partial charge in [0, 0.05) is 12.1 Å². The van der Waals surface area contributed by atoms with Gasteiger partial charge in [-0.3, -0.25) is 9.59 Å². The number of hydrogen-bond donors (Lipinski definition) is 3. The molecule has 0 saturated heterocycles. The molecule has 8 heteroatoms. The lowest BCUT2D eigenvalue weighted by Gasteiger charge is -2.12. The second-order valence-electron chi connectivity index (χ2n) is 5.50. The number of nitrogens with one attached hydrogen (secondary N) is 3. The third kappa shape index (κ3) is 5.80. The zero-order chi connectivity index (χ0) is 19.1. The first kappa shape index (κ1) is 20.4. The molecular weight excluding hydrogens is 397 g/mol. The molecule has 0 aliphatic heterocycles. The molecule has 5 nitrogen and oxygen atoms in total. The van der Waals surface area contributed by atoms with Crippen molar-refractivity contribution in [3.63, 3.8) is 0 Å². The van der Waals surface area contributed by atoms with Gasteiger partial charge in [-0.05, 0) is 36.8 Å². The van der Waals surface area contributed by atoms with Crippen molar-refractivity contribution in [2.45, 2.75) is 19.8 Å². The standard InChI is InChI=1S/C18H18Cl3N3O2/c1-2-4-16(25)23-11-7-8-12(19)15(9-11)22-10-17(26)24-14-6-3-5-13(20)18(14)21/h3,5-9,22H,2,4,10H2,1H3,(H,23,25)(H,24,26). The molecular formula is C18H18Cl3N3O2. The summed E-state index contributed by atoms with van der Waals surface area (Å²) in [5.41, 5.74) is 1.57. The second kappa shape index (κ2) is 9.67. The SMILES string of the molecule is CCCC(=O)Nc1ccc(Cl)c(NCC(=O)Nc2cccc(Cl)c2Cl)c1. The molecule has 0 atom stereocenters. The summed E-state index contributed by atoms with van der Waals surface area (Å²) in [7, 11) is 0. The van der Waals surface area contributed by atoms with Gasteiger partial charge in [0.1, 0.15) is 0 Å². The van der Waals surface area contributed by atoms with E-state index in [1.165, 1.54) is 0 Å². The number of benzene rings is 2. The second-order valence-corrected chi connectivity index (χ2v) is 6.69. The van der Waals surface area contributed by atoms with Gasteiger partial charge in [-0.2, -0.15) is 0 Å². The van der Waals surface area contributed by atoms with E-state index in [-0.39, 0.29) is 23.4 Å². The highest BCUT2D eigenvalue weighted by Crippen LogP contribution is 2.29. The summed E-state index contributed by atoms with van der Waals surface area (Å²) in [6.07, 6.45) is 1.20. The van der Waals surface area contributed by atoms with Crippen molar-refractivity contribution in [3.05, 3.63) is 51.5 Å². The highest BCUT2D eigenvalue weighted by Gasteiger charge is 2.10. The quantitative estimate of drug-likeness (QED) is 0.565. The maximum absolute atomic E-state index is 12.1. The maximum Gasteiger partial charge on any atom is 0.243 e. The van der Waals surface area contributed by atoms with E-state index in [0.29, 0.717) is 33.5 Å². The minimum atomic E-state index is -0.314. The maximum atomic E-state index is 12.1. The third-order valence-electron chi connectivity index (χ3n) is 3.39. The van der Waals surface area contributed by atoms with Crippen molar-refractivity contribution < 1.29 is 9.59 Å². The van der Waals surface area contributed by atoms with Gasteiger partial charge in [0.05, 0.1) is 33.0 Å². The van der Waals surface area contributed by atoms with Crippen LogP contribution in [0.15, 0.2) is 36.4 Å². The fraction of sp³-hybridized carbons (Fsp3) is 0.222. The van der Waals surface area contributed by atoms with Crippen molar-refractivity contribution in [3.8, 4) is 0 Å². The van der Waals surface area contributed by atoms with E-state index in [0.717, 1.165) is 6.42 Å². The molecule has 2 amide bonds. The van der Waals surface area contributed by atoms with E-state index in [2.05, 4.69) is 16.0 Å². The molecule has 2 aromatic rings. The number of carbonyl (C=O) groups excluding carboxylic acids is 2. The molecule has 26 heavy (non-hydrogen) atoms. The summed E-state index contributed by atoms with van der Waals surface area (Å²) in [6.45, 7) is 1.90. The predicted octanol–water partition coefficient (Wildman–Crippen LogP) is 5.44. The van der Waals surface area contributed by atoms with Crippen LogP contribution in [-0.2, 0) is 9.59 Å². The van der Waals surface area contributed by atoms with Gasteiger partial charge < -0.3 is 16.0 Å². The first-order valence-electron chi connectivity index (χ1n) is 7.98. The molecule has 2 aromatic carbocycles. The molecule has 0 fully saturated rings. The molecule has 0 saturated carbocycles. The lowest BCUT2D eigenvalue weighted by atomic mass is 10.2. The molecule has 0 radical (unpaired) electrons. The number of amides is 2. The molecule has 0 heterocycles. The molecule has 3 N–H and O–H groups in total. The number of anilines is 3. The van der Waals surface area contributed by atoms with Crippen LogP contribution in [0.4, 0.5) is 17.1 Å². The van der Waals surface area contributed by atoms with Crippen LogP contribution in [0.5, 0.6) is 0 Å². The summed E-state index contributed by atoms with van der Waals surface area (Å²) in [6, 6.07) is 10.0. The largest absolute Gasteiger partial charge is 0.375 e. The fourth-order valence-electron chi connectivity index (χ4n) is 2.16. The first-order valence-corrected chi connectivity index (χ1v) is 9.11. The summed E-state index contributed by atoms with van der Waals surface area (Å²) in [5, 5.41) is 9.47. The van der Waals surface area contributed by atoms with Gasteiger partial charge in [0.2, 0.25) is 11.8 Å². The average Bonchev–Trinajstić information content (AvgIpc) is 2.59. The van der Waals surface area contributed by atoms with Crippen molar-refractivity contribution in [1.29, 1.82) is 0 Å². The Morgan fingerprint density at radius 1 is 0.923 bits per heavy atom. The molecule has 0 spiro atoms. The summed E-state index contributed by atoms with van der Waals surface area (Å²) in [4.78, 5) is 23.8. The van der Waals surface area contributed by atoms with Gasteiger partial charge in [0.25, 0.3) is 0 Å². The lowest BCUT2D eigenvalue weighted by Crippen LogP contribution is -2.22. The van der Waals surface area contributed by atoms with Gasteiger partial charge in [-0.25, -0.2) is 0 Å². The van der Waals surface area contributed by atoms with Gasteiger partial charge >= 0.3 is 0 Å². The zero-order valence-corrected chi connectivity index (χ0v) is 16.3. The number of hydrogen-bond acceptors (Lipinski definition) is 3. The van der Waals surface area contributed by atoms with Crippen LogP contribution in [-0.4, -0.2) is 18.4 Å². The number of halogens is 3. The Balaban J connectivity index is 1.98. The minimum absolute atomic E-state index is 0.0328. The van der Waals surface area contributed by atoms with Crippen LogP contribution in [0.1, 0.15) is 19.8 Å². The topological polar surface area (TPSA) is 70.2 Å². The Labute approximate surface area is 167 Å². The molecule has 0 aromatic heterocycles. The Morgan fingerprint density at radius 2 is 1.69 bits per heavy atom. The van der Waals surface area contributed by atoms with E-state index in [1.807, 2.05) is 6.92 Å².